The standard InChI is InChI=1S/C28H27FN4O4S/c1-34-26-9-18(12-31-32-28(30)38)19-10-23-20-11-25-24(36-15-37-25)8-16(20)6-7-33(23)13-21(19)27(26)35-14-17-4-2-3-5-22(17)29/h2-5,8-9,11-12,23H,6-7,10,13-15H2,1H3,(H3,30,32,38)/b31-12+. The fraction of sp³-hybridized carbons (Fsp3) is 0.286. The van der Waals surface area contributed by atoms with E-state index >= 15 is 0 Å². The largest absolute Gasteiger partial charge is 0.493 e. The van der Waals surface area contributed by atoms with Gasteiger partial charge in [-0.15, -0.1) is 0 Å². The van der Waals surface area contributed by atoms with E-state index in [1.807, 2.05) is 6.07 Å². The van der Waals surface area contributed by atoms with Gasteiger partial charge in [-0.1, -0.05) is 18.2 Å². The number of fused-ring (bicyclic) bond motifs is 5. The number of thiocarbonyl (C=S) groups is 1. The highest BCUT2D eigenvalue weighted by Crippen LogP contribution is 2.47. The summed E-state index contributed by atoms with van der Waals surface area (Å²) >= 11 is 4.90. The van der Waals surface area contributed by atoms with Gasteiger partial charge in [0.2, 0.25) is 6.79 Å². The highest BCUT2D eigenvalue weighted by atomic mass is 32.1. The molecule has 0 radical (unpaired) electrons. The number of rotatable bonds is 6. The van der Waals surface area contributed by atoms with Crippen molar-refractivity contribution in [2.75, 3.05) is 20.4 Å². The quantitative estimate of drug-likeness (QED) is 0.279. The van der Waals surface area contributed by atoms with Crippen LogP contribution in [0.2, 0.25) is 0 Å². The van der Waals surface area contributed by atoms with Gasteiger partial charge in [-0.25, -0.2) is 4.39 Å². The van der Waals surface area contributed by atoms with Gasteiger partial charge in [0.1, 0.15) is 12.4 Å². The Balaban J connectivity index is 1.41. The normalized spacial score (nSPS) is 17.5. The number of hydrogen-bond acceptors (Lipinski definition) is 7. The first-order valence-electron chi connectivity index (χ1n) is 12.4. The number of ether oxygens (including phenoxy) is 4. The smallest absolute Gasteiger partial charge is 0.231 e. The van der Waals surface area contributed by atoms with E-state index in [-0.39, 0.29) is 30.4 Å². The molecule has 3 heterocycles. The first-order valence-corrected chi connectivity index (χ1v) is 12.8. The maximum Gasteiger partial charge on any atom is 0.231 e. The minimum atomic E-state index is -0.306. The Morgan fingerprint density at radius 2 is 2.05 bits per heavy atom. The van der Waals surface area contributed by atoms with E-state index in [4.69, 9.17) is 36.9 Å². The van der Waals surface area contributed by atoms with Crippen LogP contribution in [0.5, 0.6) is 23.0 Å². The lowest BCUT2D eigenvalue weighted by Crippen LogP contribution is -2.40. The van der Waals surface area contributed by atoms with Gasteiger partial charge in [-0.3, -0.25) is 10.3 Å². The van der Waals surface area contributed by atoms with Gasteiger partial charge in [0.05, 0.1) is 13.3 Å². The molecular weight excluding hydrogens is 507 g/mol. The molecule has 0 aliphatic carbocycles. The first-order chi connectivity index (χ1) is 18.5. The molecule has 10 heteroatoms. The van der Waals surface area contributed by atoms with Crippen molar-refractivity contribution in [3.05, 3.63) is 81.7 Å². The highest BCUT2D eigenvalue weighted by Gasteiger charge is 2.37. The molecule has 3 aromatic carbocycles. The summed E-state index contributed by atoms with van der Waals surface area (Å²) in [5.74, 6) is 2.44. The van der Waals surface area contributed by atoms with Gasteiger partial charge in [0, 0.05) is 35.8 Å². The molecule has 38 heavy (non-hydrogen) atoms. The van der Waals surface area contributed by atoms with Crippen LogP contribution in [0, 0.1) is 5.82 Å². The number of nitrogens with two attached hydrogens (primary N) is 1. The second-order valence-corrected chi connectivity index (χ2v) is 9.85. The molecule has 0 amide bonds. The van der Waals surface area contributed by atoms with Crippen LogP contribution in [0.1, 0.15) is 39.4 Å². The number of hydrogen-bond donors (Lipinski definition) is 2. The fourth-order valence-electron chi connectivity index (χ4n) is 5.49. The maximum atomic E-state index is 14.4. The van der Waals surface area contributed by atoms with E-state index in [9.17, 15) is 4.39 Å². The molecule has 3 N–H and O–H groups in total. The zero-order valence-electron chi connectivity index (χ0n) is 20.8. The highest BCUT2D eigenvalue weighted by molar-refractivity contribution is 7.80. The molecule has 3 aliphatic heterocycles. The van der Waals surface area contributed by atoms with Crippen molar-refractivity contribution in [1.82, 2.24) is 10.3 Å². The van der Waals surface area contributed by atoms with Crippen LogP contribution in [0.25, 0.3) is 0 Å². The number of benzene rings is 3. The molecule has 0 saturated carbocycles. The van der Waals surface area contributed by atoms with E-state index in [0.717, 1.165) is 47.6 Å². The molecule has 1 unspecified atom stereocenters. The summed E-state index contributed by atoms with van der Waals surface area (Å²) in [6.07, 6.45) is 3.32. The first kappa shape index (κ1) is 24.4. The Morgan fingerprint density at radius 1 is 1.24 bits per heavy atom. The number of halogens is 1. The molecule has 3 aliphatic rings. The topological polar surface area (TPSA) is 90.6 Å². The number of methoxy groups -OCH3 is 1. The Bertz CT molecular complexity index is 1450. The van der Waals surface area contributed by atoms with E-state index in [2.05, 4.69) is 27.6 Å². The van der Waals surface area contributed by atoms with E-state index in [0.29, 0.717) is 23.6 Å². The molecular formula is C28H27FN4O4S. The van der Waals surface area contributed by atoms with Crippen LogP contribution in [0.4, 0.5) is 4.39 Å². The van der Waals surface area contributed by atoms with Crippen molar-refractivity contribution in [3.8, 4) is 23.0 Å². The van der Waals surface area contributed by atoms with Gasteiger partial charge in [-0.2, -0.15) is 5.10 Å². The average molecular weight is 535 g/mol. The van der Waals surface area contributed by atoms with Crippen LogP contribution in [-0.4, -0.2) is 36.7 Å². The van der Waals surface area contributed by atoms with Crippen molar-refractivity contribution in [3.63, 3.8) is 0 Å². The van der Waals surface area contributed by atoms with Crippen molar-refractivity contribution in [2.45, 2.75) is 32.0 Å². The Kier molecular flexibility index (Phi) is 6.50. The lowest BCUT2D eigenvalue weighted by atomic mass is 9.82. The predicted octanol–water partition coefficient (Wildman–Crippen LogP) is 3.96. The third kappa shape index (κ3) is 4.50. The van der Waals surface area contributed by atoms with Crippen molar-refractivity contribution < 1.29 is 23.3 Å². The molecule has 6 rings (SSSR count). The second kappa shape index (κ2) is 10.1. The Morgan fingerprint density at radius 3 is 2.84 bits per heavy atom. The molecule has 0 spiro atoms. The summed E-state index contributed by atoms with van der Waals surface area (Å²) in [4.78, 5) is 2.44. The summed E-state index contributed by atoms with van der Waals surface area (Å²) in [6, 6.07) is 12.9. The summed E-state index contributed by atoms with van der Waals surface area (Å²) in [5.41, 5.74) is 14.1. The summed E-state index contributed by atoms with van der Waals surface area (Å²) < 4.78 is 37.7. The second-order valence-electron chi connectivity index (χ2n) is 9.41. The van der Waals surface area contributed by atoms with Gasteiger partial charge < -0.3 is 24.7 Å². The lowest BCUT2D eigenvalue weighted by molar-refractivity contribution is 0.155. The van der Waals surface area contributed by atoms with Gasteiger partial charge in [0.25, 0.3) is 0 Å². The molecule has 0 saturated heterocycles. The Labute approximate surface area is 225 Å². The minimum Gasteiger partial charge on any atom is -0.493 e. The average Bonchev–Trinajstić information content (AvgIpc) is 3.38. The third-order valence-corrected chi connectivity index (χ3v) is 7.38. The molecule has 1 atom stereocenters. The van der Waals surface area contributed by atoms with Gasteiger partial charge in [0.15, 0.2) is 28.1 Å². The van der Waals surface area contributed by atoms with Crippen LogP contribution in [-0.2, 0) is 26.0 Å². The van der Waals surface area contributed by atoms with E-state index < -0.39 is 0 Å². The summed E-state index contributed by atoms with van der Waals surface area (Å²) in [5, 5.41) is 4.30. The lowest BCUT2D eigenvalue weighted by Gasteiger charge is -2.42. The zero-order valence-corrected chi connectivity index (χ0v) is 21.6. The van der Waals surface area contributed by atoms with Crippen molar-refractivity contribution >= 4 is 23.5 Å². The SMILES string of the molecule is COc1cc(/C=N/NC(N)=S)c2c(c1OCc1ccccc1F)CN1CCc3cc4c(cc3C1C2)OCO4. The van der Waals surface area contributed by atoms with Crippen LogP contribution in [0.15, 0.2) is 47.6 Å². The van der Waals surface area contributed by atoms with Crippen LogP contribution < -0.4 is 30.1 Å². The third-order valence-electron chi connectivity index (χ3n) is 7.29. The monoisotopic (exact) mass is 534 g/mol. The zero-order chi connectivity index (χ0) is 26.2. The molecule has 0 fully saturated rings. The fourth-order valence-corrected chi connectivity index (χ4v) is 5.54. The van der Waals surface area contributed by atoms with Gasteiger partial charge in [-0.05, 0) is 66.0 Å². The molecule has 8 nitrogen and oxygen atoms in total. The molecule has 0 aromatic heterocycles. The summed E-state index contributed by atoms with van der Waals surface area (Å²) in [7, 11) is 1.59. The molecule has 0 bridgehead atoms. The maximum absolute atomic E-state index is 14.4. The number of hydrazone groups is 1. The number of nitrogens with zero attached hydrogens (tertiary/aromatic N) is 2. The van der Waals surface area contributed by atoms with Crippen LogP contribution in [0.3, 0.4) is 0 Å². The summed E-state index contributed by atoms with van der Waals surface area (Å²) in [6.45, 7) is 1.85. The number of nitrogens with one attached hydrogen (secondary N) is 1. The van der Waals surface area contributed by atoms with Gasteiger partial charge >= 0.3 is 0 Å². The van der Waals surface area contributed by atoms with Crippen molar-refractivity contribution in [1.29, 1.82) is 0 Å². The van der Waals surface area contributed by atoms with E-state index in [1.165, 1.54) is 17.2 Å². The Hall–Kier alpha value is -3.89. The minimum absolute atomic E-state index is 0.0791. The van der Waals surface area contributed by atoms with Crippen molar-refractivity contribution in [2.24, 2.45) is 10.8 Å². The molecule has 196 valence electrons. The molecule has 3 aromatic rings. The van der Waals surface area contributed by atoms with Crippen LogP contribution >= 0.6 is 12.2 Å². The predicted molar refractivity (Wildman–Crippen MR) is 144 cm³/mol. The van der Waals surface area contributed by atoms with E-state index in [1.54, 1.807) is 31.5 Å².